The van der Waals surface area contributed by atoms with Gasteiger partial charge in [-0.15, -0.1) is 0 Å². The number of likely N-dealkylation sites (N-methyl/N-ethyl adjacent to an activating group) is 1. The molecular weight excluding hydrogens is 202 g/mol. The van der Waals surface area contributed by atoms with Gasteiger partial charge in [-0.3, -0.25) is 0 Å². The molecule has 2 amide bonds. The molecule has 2 N–H and O–H groups in total. The number of nitrogens with zero attached hydrogens (tertiary/aromatic N) is 1. The topological polar surface area (TPSA) is 44.4 Å². The normalized spacial score (nSPS) is 10.2. The maximum atomic E-state index is 11.1. The van der Waals surface area contributed by atoms with Gasteiger partial charge < -0.3 is 15.5 Å². The summed E-state index contributed by atoms with van der Waals surface area (Å²) in [6, 6.07) is 7.71. The highest BCUT2D eigenvalue weighted by atomic mass is 16.2. The Labute approximate surface area is 96.6 Å². The Balaban J connectivity index is 2.51. The molecular formula is C12H19N3O. The first-order chi connectivity index (χ1) is 7.61. The molecule has 0 saturated heterocycles. The van der Waals surface area contributed by atoms with Crippen LogP contribution in [0.5, 0.6) is 0 Å². The van der Waals surface area contributed by atoms with Gasteiger partial charge in [0.15, 0.2) is 0 Å². The Morgan fingerprint density at radius 3 is 2.38 bits per heavy atom. The minimum atomic E-state index is -0.193. The van der Waals surface area contributed by atoms with Crippen molar-refractivity contribution in [3.05, 3.63) is 29.8 Å². The highest BCUT2D eigenvalue weighted by molar-refractivity contribution is 5.88. The highest BCUT2D eigenvalue weighted by Gasteiger charge is 1.99. The molecule has 0 fully saturated rings. The van der Waals surface area contributed by atoms with E-state index in [4.69, 9.17) is 0 Å². The van der Waals surface area contributed by atoms with Gasteiger partial charge in [0.25, 0.3) is 0 Å². The second-order valence-electron chi connectivity index (χ2n) is 3.95. The molecule has 0 aromatic heterocycles. The molecule has 0 radical (unpaired) electrons. The molecule has 1 aromatic rings. The molecule has 0 unspecified atom stereocenters. The maximum Gasteiger partial charge on any atom is 0.318 e. The predicted molar refractivity (Wildman–Crippen MR) is 66.8 cm³/mol. The van der Waals surface area contributed by atoms with Crippen LogP contribution in [0.3, 0.4) is 0 Å². The molecule has 16 heavy (non-hydrogen) atoms. The zero-order valence-electron chi connectivity index (χ0n) is 10.1. The monoisotopic (exact) mass is 221 g/mol. The van der Waals surface area contributed by atoms with Gasteiger partial charge in [0.1, 0.15) is 0 Å². The van der Waals surface area contributed by atoms with Gasteiger partial charge in [-0.2, -0.15) is 0 Å². The number of hydrogen-bond acceptors (Lipinski definition) is 2. The quantitative estimate of drug-likeness (QED) is 0.810. The molecule has 0 bridgehead atoms. The molecule has 0 aliphatic carbocycles. The summed E-state index contributed by atoms with van der Waals surface area (Å²) in [5.41, 5.74) is 2.09. The van der Waals surface area contributed by atoms with Crippen LogP contribution in [0.15, 0.2) is 24.3 Å². The summed E-state index contributed by atoms with van der Waals surface area (Å²) in [6.07, 6.45) is 1.02. The number of benzene rings is 1. The van der Waals surface area contributed by atoms with Gasteiger partial charge in [-0.25, -0.2) is 4.79 Å². The van der Waals surface area contributed by atoms with Gasteiger partial charge in [-0.1, -0.05) is 12.1 Å². The number of hydrogen-bond donors (Lipinski definition) is 2. The van der Waals surface area contributed by atoms with Crippen molar-refractivity contribution in [1.82, 2.24) is 10.2 Å². The van der Waals surface area contributed by atoms with Gasteiger partial charge >= 0.3 is 6.03 Å². The molecule has 88 valence electrons. The lowest BCUT2D eigenvalue weighted by atomic mass is 10.1. The van der Waals surface area contributed by atoms with E-state index < -0.39 is 0 Å². The Morgan fingerprint density at radius 1 is 1.25 bits per heavy atom. The average molecular weight is 221 g/mol. The molecule has 1 aromatic carbocycles. The molecule has 0 aliphatic rings. The van der Waals surface area contributed by atoms with Crippen molar-refractivity contribution >= 4 is 11.7 Å². The first-order valence-corrected chi connectivity index (χ1v) is 5.34. The fraction of sp³-hybridized carbons (Fsp3) is 0.417. The van der Waals surface area contributed by atoms with E-state index in [2.05, 4.69) is 29.6 Å². The summed E-state index contributed by atoms with van der Waals surface area (Å²) in [6.45, 7) is 1.03. The van der Waals surface area contributed by atoms with Gasteiger partial charge in [0.2, 0.25) is 0 Å². The van der Waals surface area contributed by atoms with E-state index in [-0.39, 0.29) is 6.03 Å². The lowest BCUT2D eigenvalue weighted by molar-refractivity contribution is 0.254. The number of rotatable bonds is 4. The van der Waals surface area contributed by atoms with Crippen LogP contribution in [0.2, 0.25) is 0 Å². The van der Waals surface area contributed by atoms with Crippen LogP contribution in [0.25, 0.3) is 0 Å². The SMILES string of the molecule is CNC(=O)Nc1ccc(CCN(C)C)cc1. The minimum Gasteiger partial charge on any atom is -0.341 e. The van der Waals surface area contributed by atoms with Crippen molar-refractivity contribution in [2.24, 2.45) is 0 Å². The van der Waals surface area contributed by atoms with Crippen molar-refractivity contribution in [3.8, 4) is 0 Å². The Kier molecular flexibility index (Phi) is 4.79. The summed E-state index contributed by atoms with van der Waals surface area (Å²) >= 11 is 0. The van der Waals surface area contributed by atoms with Crippen molar-refractivity contribution in [3.63, 3.8) is 0 Å². The number of amides is 2. The molecule has 0 atom stereocenters. The molecule has 0 aliphatic heterocycles. The molecule has 4 heteroatoms. The second kappa shape index (κ2) is 6.12. The van der Waals surface area contributed by atoms with Crippen LogP contribution in [-0.4, -0.2) is 38.6 Å². The summed E-state index contributed by atoms with van der Waals surface area (Å²) in [4.78, 5) is 13.2. The van der Waals surface area contributed by atoms with Crippen LogP contribution in [-0.2, 0) is 6.42 Å². The van der Waals surface area contributed by atoms with Crippen LogP contribution < -0.4 is 10.6 Å². The Hall–Kier alpha value is -1.55. The minimum absolute atomic E-state index is 0.193. The lowest BCUT2D eigenvalue weighted by Gasteiger charge is -2.10. The first-order valence-electron chi connectivity index (χ1n) is 5.34. The predicted octanol–water partition coefficient (Wildman–Crippen LogP) is 1.54. The third kappa shape index (κ3) is 4.31. The number of urea groups is 1. The van der Waals surface area contributed by atoms with Gasteiger partial charge in [0, 0.05) is 19.3 Å². The lowest BCUT2D eigenvalue weighted by Crippen LogP contribution is -2.24. The molecule has 0 heterocycles. The molecule has 1 rings (SSSR count). The standard InChI is InChI=1S/C12H19N3O/c1-13-12(16)14-11-6-4-10(5-7-11)8-9-15(2)3/h4-7H,8-9H2,1-3H3,(H2,13,14,16). The zero-order chi connectivity index (χ0) is 12.0. The van der Waals surface area contributed by atoms with Crippen molar-refractivity contribution in [2.45, 2.75) is 6.42 Å². The third-order valence-electron chi connectivity index (χ3n) is 2.29. The zero-order valence-corrected chi connectivity index (χ0v) is 10.1. The molecule has 0 saturated carbocycles. The van der Waals surface area contributed by atoms with Gasteiger partial charge in [-0.05, 0) is 38.2 Å². The third-order valence-corrected chi connectivity index (χ3v) is 2.29. The van der Waals surface area contributed by atoms with Crippen LogP contribution >= 0.6 is 0 Å². The first kappa shape index (κ1) is 12.5. The average Bonchev–Trinajstić information content (AvgIpc) is 2.28. The summed E-state index contributed by atoms with van der Waals surface area (Å²) in [7, 11) is 5.71. The van der Waals surface area contributed by atoms with E-state index >= 15 is 0 Å². The van der Waals surface area contributed by atoms with Crippen LogP contribution in [0, 0.1) is 0 Å². The van der Waals surface area contributed by atoms with Crippen LogP contribution in [0.1, 0.15) is 5.56 Å². The van der Waals surface area contributed by atoms with Crippen molar-refractivity contribution in [2.75, 3.05) is 33.0 Å². The number of carbonyl (C=O) groups is 1. The summed E-state index contributed by atoms with van der Waals surface area (Å²) < 4.78 is 0. The van der Waals surface area contributed by atoms with E-state index in [0.717, 1.165) is 18.7 Å². The smallest absolute Gasteiger partial charge is 0.318 e. The summed E-state index contributed by atoms with van der Waals surface area (Å²) in [5, 5.41) is 5.23. The van der Waals surface area contributed by atoms with E-state index in [1.165, 1.54) is 5.56 Å². The Bertz CT molecular complexity index is 333. The molecule has 4 nitrogen and oxygen atoms in total. The van der Waals surface area contributed by atoms with E-state index in [1.807, 2.05) is 24.3 Å². The maximum absolute atomic E-state index is 11.1. The van der Waals surface area contributed by atoms with E-state index in [9.17, 15) is 4.79 Å². The van der Waals surface area contributed by atoms with Gasteiger partial charge in [0.05, 0.1) is 0 Å². The largest absolute Gasteiger partial charge is 0.341 e. The van der Waals surface area contributed by atoms with Crippen molar-refractivity contribution in [1.29, 1.82) is 0 Å². The highest BCUT2D eigenvalue weighted by Crippen LogP contribution is 2.09. The van der Waals surface area contributed by atoms with E-state index in [1.54, 1.807) is 7.05 Å². The fourth-order valence-electron chi connectivity index (χ4n) is 1.30. The second-order valence-corrected chi connectivity index (χ2v) is 3.95. The Morgan fingerprint density at radius 2 is 1.88 bits per heavy atom. The number of nitrogens with one attached hydrogen (secondary N) is 2. The number of carbonyl (C=O) groups excluding carboxylic acids is 1. The summed E-state index contributed by atoms with van der Waals surface area (Å²) in [5.74, 6) is 0. The molecule has 0 spiro atoms. The fourth-order valence-corrected chi connectivity index (χ4v) is 1.30. The van der Waals surface area contributed by atoms with Crippen LogP contribution in [0.4, 0.5) is 10.5 Å². The number of anilines is 1. The van der Waals surface area contributed by atoms with Crippen molar-refractivity contribution < 1.29 is 4.79 Å². The van der Waals surface area contributed by atoms with E-state index in [0.29, 0.717) is 0 Å².